The zero-order chi connectivity index (χ0) is 11.4. The van der Waals surface area contributed by atoms with E-state index in [0.717, 1.165) is 13.0 Å². The number of hydrogen-bond acceptors (Lipinski definition) is 2. The molecule has 1 heterocycles. The Morgan fingerprint density at radius 2 is 2.31 bits per heavy atom. The van der Waals surface area contributed by atoms with Crippen LogP contribution in [0.15, 0.2) is 23.1 Å². The van der Waals surface area contributed by atoms with Gasteiger partial charge in [0.05, 0.1) is 6.04 Å². The molecule has 2 heteroatoms. The van der Waals surface area contributed by atoms with Gasteiger partial charge in [-0.3, -0.25) is 0 Å². The number of aryl methyl sites for hydroxylation is 1. The Kier molecular flexibility index (Phi) is 4.19. The highest BCUT2D eigenvalue weighted by Gasteiger charge is 2.21. The van der Waals surface area contributed by atoms with Gasteiger partial charge in [-0.15, -0.1) is 11.3 Å². The lowest BCUT2D eigenvalue weighted by Gasteiger charge is -2.19. The van der Waals surface area contributed by atoms with Crippen LogP contribution in [0.3, 0.4) is 0 Å². The third-order valence-corrected chi connectivity index (χ3v) is 4.30. The van der Waals surface area contributed by atoms with Gasteiger partial charge in [-0.1, -0.05) is 25.5 Å². The predicted molar refractivity (Wildman–Crippen MR) is 72.0 cm³/mol. The molecule has 1 aromatic heterocycles. The van der Waals surface area contributed by atoms with Crippen molar-refractivity contribution in [1.82, 2.24) is 5.32 Å². The number of rotatable bonds is 5. The van der Waals surface area contributed by atoms with Crippen molar-refractivity contribution in [3.8, 4) is 0 Å². The van der Waals surface area contributed by atoms with Crippen LogP contribution >= 0.6 is 11.3 Å². The van der Waals surface area contributed by atoms with Crippen LogP contribution in [-0.4, -0.2) is 6.54 Å². The lowest BCUT2D eigenvalue weighted by molar-refractivity contribution is 0.610. The van der Waals surface area contributed by atoms with Crippen molar-refractivity contribution in [3.63, 3.8) is 0 Å². The molecule has 1 aliphatic rings. The summed E-state index contributed by atoms with van der Waals surface area (Å²) >= 11 is 1.91. The molecule has 1 aromatic rings. The van der Waals surface area contributed by atoms with Gasteiger partial charge in [0.15, 0.2) is 0 Å². The van der Waals surface area contributed by atoms with E-state index in [1.54, 1.807) is 5.57 Å². The van der Waals surface area contributed by atoms with E-state index >= 15 is 0 Å². The molecule has 1 atom stereocenters. The summed E-state index contributed by atoms with van der Waals surface area (Å²) in [5.41, 5.74) is 3.13. The Labute approximate surface area is 103 Å². The van der Waals surface area contributed by atoms with E-state index in [1.165, 1.54) is 29.7 Å². The SMILES string of the molecule is CCNC(C1=CCCC1)c1sccc1CC. The number of nitrogens with one attached hydrogen (secondary N) is 1. The Hall–Kier alpha value is -0.600. The Morgan fingerprint density at radius 1 is 1.44 bits per heavy atom. The summed E-state index contributed by atoms with van der Waals surface area (Å²) in [6.45, 7) is 5.49. The fourth-order valence-corrected chi connectivity index (χ4v) is 3.56. The monoisotopic (exact) mass is 235 g/mol. The van der Waals surface area contributed by atoms with Crippen molar-refractivity contribution in [1.29, 1.82) is 0 Å². The second kappa shape index (κ2) is 5.65. The van der Waals surface area contributed by atoms with Gasteiger partial charge >= 0.3 is 0 Å². The van der Waals surface area contributed by atoms with E-state index in [-0.39, 0.29) is 0 Å². The van der Waals surface area contributed by atoms with E-state index in [4.69, 9.17) is 0 Å². The van der Waals surface area contributed by atoms with E-state index in [1.807, 2.05) is 11.3 Å². The van der Waals surface area contributed by atoms with Crippen LogP contribution in [0.5, 0.6) is 0 Å². The number of allylic oxidation sites excluding steroid dienone is 1. The zero-order valence-corrected chi connectivity index (χ0v) is 11.1. The molecule has 0 bridgehead atoms. The van der Waals surface area contributed by atoms with Gasteiger partial charge in [0.2, 0.25) is 0 Å². The molecule has 1 N–H and O–H groups in total. The van der Waals surface area contributed by atoms with Gasteiger partial charge < -0.3 is 5.32 Å². The quantitative estimate of drug-likeness (QED) is 0.759. The van der Waals surface area contributed by atoms with Gasteiger partial charge in [0.25, 0.3) is 0 Å². The molecule has 0 spiro atoms. The van der Waals surface area contributed by atoms with E-state index in [0.29, 0.717) is 6.04 Å². The van der Waals surface area contributed by atoms with Crippen LogP contribution in [0.4, 0.5) is 0 Å². The molecule has 1 unspecified atom stereocenters. The maximum Gasteiger partial charge on any atom is 0.0633 e. The summed E-state index contributed by atoms with van der Waals surface area (Å²) in [7, 11) is 0. The van der Waals surface area contributed by atoms with Gasteiger partial charge in [-0.05, 0) is 49.2 Å². The highest BCUT2D eigenvalue weighted by Crippen LogP contribution is 2.35. The van der Waals surface area contributed by atoms with E-state index in [9.17, 15) is 0 Å². The molecule has 0 amide bonds. The van der Waals surface area contributed by atoms with Crippen LogP contribution in [0, 0.1) is 0 Å². The van der Waals surface area contributed by atoms with Crippen LogP contribution < -0.4 is 5.32 Å². The second-order valence-corrected chi connectivity index (χ2v) is 5.27. The fraction of sp³-hybridized carbons (Fsp3) is 0.571. The smallest absolute Gasteiger partial charge is 0.0633 e. The third-order valence-electron chi connectivity index (χ3n) is 3.28. The molecule has 0 aliphatic heterocycles. The van der Waals surface area contributed by atoms with Crippen molar-refractivity contribution in [3.05, 3.63) is 33.5 Å². The van der Waals surface area contributed by atoms with Crippen molar-refractivity contribution >= 4 is 11.3 Å². The van der Waals surface area contributed by atoms with E-state index in [2.05, 4.69) is 36.7 Å². The normalized spacial score (nSPS) is 17.5. The first-order valence-electron chi connectivity index (χ1n) is 6.35. The van der Waals surface area contributed by atoms with E-state index < -0.39 is 0 Å². The largest absolute Gasteiger partial charge is 0.306 e. The first-order chi connectivity index (χ1) is 7.86. The summed E-state index contributed by atoms with van der Waals surface area (Å²) in [5.74, 6) is 0. The van der Waals surface area contributed by atoms with Crippen molar-refractivity contribution in [2.24, 2.45) is 0 Å². The molecule has 0 aromatic carbocycles. The summed E-state index contributed by atoms with van der Waals surface area (Å²) in [6, 6.07) is 2.77. The molecule has 0 saturated carbocycles. The topological polar surface area (TPSA) is 12.0 Å². The molecule has 0 fully saturated rings. The summed E-state index contributed by atoms with van der Waals surface area (Å²) < 4.78 is 0. The average Bonchev–Trinajstić information content (AvgIpc) is 2.96. The maximum atomic E-state index is 3.64. The highest BCUT2D eigenvalue weighted by molar-refractivity contribution is 7.10. The van der Waals surface area contributed by atoms with Crippen LogP contribution in [0.2, 0.25) is 0 Å². The molecule has 2 rings (SSSR count). The van der Waals surface area contributed by atoms with Crippen molar-refractivity contribution in [2.45, 2.75) is 45.6 Å². The average molecular weight is 235 g/mol. The first kappa shape index (κ1) is 11.9. The Bertz CT molecular complexity index is 365. The number of thiophene rings is 1. The fourth-order valence-electron chi connectivity index (χ4n) is 2.45. The first-order valence-corrected chi connectivity index (χ1v) is 7.23. The van der Waals surface area contributed by atoms with Gasteiger partial charge in [0, 0.05) is 4.88 Å². The molecule has 1 aliphatic carbocycles. The Morgan fingerprint density at radius 3 is 2.94 bits per heavy atom. The standard InChI is InChI=1S/C14H21NS/c1-3-11-9-10-16-14(11)13(15-4-2)12-7-5-6-8-12/h7,9-10,13,15H,3-6,8H2,1-2H3. The summed E-state index contributed by atoms with van der Waals surface area (Å²) in [4.78, 5) is 1.54. The third kappa shape index (κ3) is 2.38. The van der Waals surface area contributed by atoms with Crippen molar-refractivity contribution < 1.29 is 0 Å². The van der Waals surface area contributed by atoms with Gasteiger partial charge in [0.1, 0.15) is 0 Å². The second-order valence-electron chi connectivity index (χ2n) is 4.33. The minimum absolute atomic E-state index is 0.488. The van der Waals surface area contributed by atoms with Gasteiger partial charge in [-0.2, -0.15) is 0 Å². The van der Waals surface area contributed by atoms with Crippen molar-refractivity contribution in [2.75, 3.05) is 6.54 Å². The van der Waals surface area contributed by atoms with Crippen LogP contribution in [-0.2, 0) is 6.42 Å². The molecule has 1 nitrogen and oxygen atoms in total. The predicted octanol–water partition coefficient (Wildman–Crippen LogP) is 4.07. The molecular formula is C14H21NS. The molecule has 0 radical (unpaired) electrons. The zero-order valence-electron chi connectivity index (χ0n) is 10.3. The van der Waals surface area contributed by atoms with Crippen LogP contribution in [0.25, 0.3) is 0 Å². The molecule has 88 valence electrons. The van der Waals surface area contributed by atoms with Crippen LogP contribution in [0.1, 0.15) is 49.6 Å². The molecule has 0 saturated heterocycles. The Balaban J connectivity index is 2.24. The number of hydrogen-bond donors (Lipinski definition) is 1. The minimum Gasteiger partial charge on any atom is -0.306 e. The summed E-state index contributed by atoms with van der Waals surface area (Å²) in [5, 5.41) is 5.87. The van der Waals surface area contributed by atoms with Gasteiger partial charge in [-0.25, -0.2) is 0 Å². The lowest BCUT2D eigenvalue weighted by atomic mass is 10.0. The highest BCUT2D eigenvalue weighted by atomic mass is 32.1. The lowest BCUT2D eigenvalue weighted by Crippen LogP contribution is -2.22. The molecular weight excluding hydrogens is 214 g/mol. The maximum absolute atomic E-state index is 3.64. The minimum atomic E-state index is 0.488. The number of likely N-dealkylation sites (N-methyl/N-ethyl adjacent to an activating group) is 1. The summed E-state index contributed by atoms with van der Waals surface area (Å²) in [6.07, 6.45) is 7.47. The molecule has 16 heavy (non-hydrogen) atoms.